The molecule has 8 nitrogen and oxygen atoms in total. The number of ether oxygens (including phenoxy) is 2. The first kappa shape index (κ1) is 23.9. The van der Waals surface area contributed by atoms with Gasteiger partial charge in [-0.3, -0.25) is 9.80 Å². The van der Waals surface area contributed by atoms with Gasteiger partial charge >= 0.3 is 6.03 Å². The Morgan fingerprint density at radius 1 is 1.08 bits per heavy atom. The molecule has 2 saturated heterocycles. The van der Waals surface area contributed by atoms with Crippen LogP contribution in [0.25, 0.3) is 11.0 Å². The summed E-state index contributed by atoms with van der Waals surface area (Å²) >= 11 is 0. The van der Waals surface area contributed by atoms with E-state index in [4.69, 9.17) is 14.5 Å². The van der Waals surface area contributed by atoms with Crippen LogP contribution >= 0.6 is 0 Å². The molecule has 0 aliphatic carbocycles. The van der Waals surface area contributed by atoms with E-state index in [0.717, 1.165) is 84.1 Å². The number of likely N-dealkylation sites (N-methyl/N-ethyl adjacent to an activating group) is 1. The van der Waals surface area contributed by atoms with Crippen molar-refractivity contribution < 1.29 is 14.3 Å². The number of aryl methyl sites for hydroxylation is 1. The number of carbonyl (C=O) groups is 1. The zero-order valence-electron chi connectivity index (χ0n) is 22.2. The number of piperidine rings is 1. The Morgan fingerprint density at radius 2 is 1.86 bits per heavy atom. The van der Waals surface area contributed by atoms with Gasteiger partial charge in [-0.2, -0.15) is 0 Å². The molecule has 0 unspecified atom stereocenters. The minimum absolute atomic E-state index is 0.104. The Hall–Kier alpha value is -3.52. The zero-order chi connectivity index (χ0) is 25.7. The van der Waals surface area contributed by atoms with Gasteiger partial charge in [-0.1, -0.05) is 18.2 Å². The molecule has 1 aromatic heterocycles. The molecule has 8 heteroatoms. The van der Waals surface area contributed by atoms with Gasteiger partial charge in [0.15, 0.2) is 0 Å². The summed E-state index contributed by atoms with van der Waals surface area (Å²) in [7, 11) is 5.46. The van der Waals surface area contributed by atoms with Crippen LogP contribution in [-0.2, 0) is 26.6 Å². The predicted octanol–water partition coefficient (Wildman–Crippen LogP) is 4.32. The quantitative estimate of drug-likeness (QED) is 0.521. The van der Waals surface area contributed by atoms with E-state index in [-0.39, 0.29) is 11.6 Å². The number of likely N-dealkylation sites (tertiary alicyclic amines) is 1. The molecule has 2 aromatic carbocycles. The molecule has 3 aliphatic heterocycles. The number of imidazole rings is 1. The number of para-hydroxylation sites is 2. The number of fused-ring (bicyclic) bond motifs is 4. The fourth-order valence-electron chi connectivity index (χ4n) is 6.57. The number of allylic oxidation sites excluding steroid dienone is 1. The number of carbonyl (C=O) groups excluding carboxylic acids is 1. The molecule has 0 N–H and O–H groups in total. The standard InChI is InChI=1S/C29H35N5O3/c1-5-34-28(35)33-18-20-16-21(36-3)17-25(37-4)22(20)10-11-26(33)29(34)12-14-32(15-13-29)19-27-30-23-8-6-7-9-24(23)31(27)2/h6-9,11,16-17H,5,10,12-15,18-19H2,1-4H3. The van der Waals surface area contributed by atoms with Crippen molar-refractivity contribution in [2.75, 3.05) is 33.9 Å². The van der Waals surface area contributed by atoms with Gasteiger partial charge in [0.2, 0.25) is 0 Å². The van der Waals surface area contributed by atoms with Crippen molar-refractivity contribution in [2.24, 2.45) is 7.05 Å². The summed E-state index contributed by atoms with van der Waals surface area (Å²) in [6.45, 7) is 5.98. The summed E-state index contributed by atoms with van der Waals surface area (Å²) in [5, 5.41) is 0. The second-order valence-corrected chi connectivity index (χ2v) is 10.3. The van der Waals surface area contributed by atoms with Gasteiger partial charge in [-0.05, 0) is 49.9 Å². The van der Waals surface area contributed by atoms with Gasteiger partial charge in [0.1, 0.15) is 17.3 Å². The lowest BCUT2D eigenvalue weighted by Gasteiger charge is -2.44. The number of rotatable bonds is 5. The van der Waals surface area contributed by atoms with E-state index in [1.54, 1.807) is 14.2 Å². The van der Waals surface area contributed by atoms with Crippen LogP contribution in [0, 0.1) is 0 Å². The van der Waals surface area contributed by atoms with Crippen molar-refractivity contribution in [2.45, 2.75) is 44.8 Å². The van der Waals surface area contributed by atoms with E-state index >= 15 is 0 Å². The van der Waals surface area contributed by atoms with Gasteiger partial charge in [0, 0.05) is 44.0 Å². The highest BCUT2D eigenvalue weighted by Crippen LogP contribution is 2.46. The number of aromatic nitrogens is 2. The Bertz CT molecular complexity index is 1390. The van der Waals surface area contributed by atoms with E-state index in [2.05, 4.69) is 52.6 Å². The van der Waals surface area contributed by atoms with E-state index in [1.807, 2.05) is 23.1 Å². The van der Waals surface area contributed by atoms with Gasteiger partial charge in [-0.25, -0.2) is 9.78 Å². The summed E-state index contributed by atoms with van der Waals surface area (Å²) < 4.78 is 13.4. The molecular formula is C29H35N5O3. The highest BCUT2D eigenvalue weighted by Gasteiger charge is 2.54. The first-order valence-electron chi connectivity index (χ1n) is 13.1. The lowest BCUT2D eigenvalue weighted by atomic mass is 9.83. The van der Waals surface area contributed by atoms with Crippen LogP contribution in [0.15, 0.2) is 48.2 Å². The molecule has 194 valence electrons. The van der Waals surface area contributed by atoms with Crippen LogP contribution in [0.5, 0.6) is 11.5 Å². The van der Waals surface area contributed by atoms with Crippen molar-refractivity contribution in [3.05, 3.63) is 65.1 Å². The van der Waals surface area contributed by atoms with Crippen LogP contribution in [0.3, 0.4) is 0 Å². The average Bonchev–Trinajstić information content (AvgIpc) is 3.23. The van der Waals surface area contributed by atoms with Gasteiger partial charge in [0.25, 0.3) is 0 Å². The number of urea groups is 1. The first-order chi connectivity index (χ1) is 18.0. The third kappa shape index (κ3) is 3.69. The molecule has 6 rings (SSSR count). The molecule has 4 heterocycles. The normalized spacial score (nSPS) is 19.1. The second-order valence-electron chi connectivity index (χ2n) is 10.3. The van der Waals surface area contributed by atoms with E-state index in [9.17, 15) is 4.79 Å². The van der Waals surface area contributed by atoms with Crippen LogP contribution in [0.1, 0.15) is 36.7 Å². The molecule has 3 aliphatic rings. The Labute approximate surface area is 218 Å². The lowest BCUT2D eigenvalue weighted by molar-refractivity contribution is 0.0872. The van der Waals surface area contributed by atoms with Crippen molar-refractivity contribution in [3.8, 4) is 11.5 Å². The Morgan fingerprint density at radius 3 is 2.57 bits per heavy atom. The molecule has 37 heavy (non-hydrogen) atoms. The summed E-state index contributed by atoms with van der Waals surface area (Å²) in [6.07, 6.45) is 4.84. The third-order valence-corrected chi connectivity index (χ3v) is 8.55. The molecule has 0 saturated carbocycles. The lowest BCUT2D eigenvalue weighted by Crippen LogP contribution is -2.53. The fraction of sp³-hybridized carbons (Fsp3) is 0.448. The van der Waals surface area contributed by atoms with E-state index in [1.165, 1.54) is 0 Å². The van der Waals surface area contributed by atoms with E-state index in [0.29, 0.717) is 13.1 Å². The van der Waals surface area contributed by atoms with E-state index < -0.39 is 0 Å². The van der Waals surface area contributed by atoms with Crippen molar-refractivity contribution in [1.82, 2.24) is 24.3 Å². The number of benzene rings is 2. The van der Waals surface area contributed by atoms with Gasteiger partial charge in [-0.15, -0.1) is 0 Å². The van der Waals surface area contributed by atoms with Crippen molar-refractivity contribution in [1.29, 1.82) is 0 Å². The monoisotopic (exact) mass is 501 g/mol. The maximum absolute atomic E-state index is 13.8. The number of nitrogens with zero attached hydrogens (tertiary/aromatic N) is 5. The molecule has 2 amide bonds. The number of amides is 2. The largest absolute Gasteiger partial charge is 0.497 e. The van der Waals surface area contributed by atoms with Crippen LogP contribution in [-0.4, -0.2) is 69.7 Å². The van der Waals surface area contributed by atoms with Crippen LogP contribution < -0.4 is 9.47 Å². The third-order valence-electron chi connectivity index (χ3n) is 8.55. The molecular weight excluding hydrogens is 466 g/mol. The molecule has 2 fully saturated rings. The number of hydrogen-bond donors (Lipinski definition) is 0. The predicted molar refractivity (Wildman–Crippen MR) is 143 cm³/mol. The maximum Gasteiger partial charge on any atom is 0.325 e. The number of methoxy groups -OCH3 is 2. The topological polar surface area (TPSA) is 63.1 Å². The highest BCUT2D eigenvalue weighted by atomic mass is 16.5. The second kappa shape index (κ2) is 9.10. The molecule has 1 spiro atoms. The zero-order valence-corrected chi connectivity index (χ0v) is 22.2. The highest BCUT2D eigenvalue weighted by molar-refractivity contribution is 5.83. The Kier molecular flexibility index (Phi) is 5.87. The Balaban J connectivity index is 1.27. The van der Waals surface area contributed by atoms with Crippen LogP contribution in [0.2, 0.25) is 0 Å². The maximum atomic E-state index is 13.8. The summed E-state index contributed by atoms with van der Waals surface area (Å²) in [6, 6.07) is 12.4. The fourth-order valence-corrected chi connectivity index (χ4v) is 6.57. The minimum Gasteiger partial charge on any atom is -0.497 e. The molecule has 0 radical (unpaired) electrons. The van der Waals surface area contributed by atoms with Crippen LogP contribution in [0.4, 0.5) is 4.79 Å². The summed E-state index contributed by atoms with van der Waals surface area (Å²) in [4.78, 5) is 25.2. The SMILES string of the molecule is CCN1C(=O)N2Cc3cc(OC)cc(OC)c3CC=C2C12CCN(Cc1nc3ccccc3n1C)CC2. The molecule has 0 atom stereocenters. The van der Waals surface area contributed by atoms with Crippen molar-refractivity contribution >= 4 is 17.1 Å². The smallest absolute Gasteiger partial charge is 0.325 e. The minimum atomic E-state index is -0.270. The summed E-state index contributed by atoms with van der Waals surface area (Å²) in [5.41, 5.74) is 5.31. The number of hydrogen-bond acceptors (Lipinski definition) is 5. The van der Waals surface area contributed by atoms with Gasteiger partial charge in [0.05, 0.1) is 43.9 Å². The molecule has 3 aromatic rings. The van der Waals surface area contributed by atoms with Gasteiger partial charge < -0.3 is 18.9 Å². The van der Waals surface area contributed by atoms with Crippen molar-refractivity contribution in [3.63, 3.8) is 0 Å². The average molecular weight is 502 g/mol. The molecule has 0 bridgehead atoms. The summed E-state index contributed by atoms with van der Waals surface area (Å²) in [5.74, 6) is 2.65. The first-order valence-corrected chi connectivity index (χ1v) is 13.1.